The van der Waals surface area contributed by atoms with E-state index in [0.717, 1.165) is 20.6 Å². The van der Waals surface area contributed by atoms with Crippen LogP contribution in [0.5, 0.6) is 0 Å². The van der Waals surface area contributed by atoms with Gasteiger partial charge in [0.25, 0.3) is 0 Å². The van der Waals surface area contributed by atoms with Gasteiger partial charge in [-0.05, 0) is 18.2 Å². The molecule has 2 rings (SSSR count). The first-order valence-corrected chi connectivity index (χ1v) is 6.26. The van der Waals surface area contributed by atoms with Gasteiger partial charge in [0.2, 0.25) is 0 Å². The van der Waals surface area contributed by atoms with E-state index in [4.69, 9.17) is 16.7 Å². The highest BCUT2D eigenvalue weighted by molar-refractivity contribution is 7.19. The molecule has 0 spiro atoms. The smallest absolute Gasteiger partial charge is 0.303 e. The number of aliphatic carboxylic acids is 1. The lowest BCUT2D eigenvalue weighted by atomic mass is 10.2. The van der Waals surface area contributed by atoms with Crippen molar-refractivity contribution >= 4 is 28.9 Å². The SMILES string of the molecule is Cn1nc(CCC(=O)O)cc1-c1ccc(Cl)s1. The standard InChI is InChI=1S/C11H11ClN2O2S/c1-14-8(9-3-4-10(12)17-9)6-7(13-14)2-5-11(15)16/h3-4,6H,2,5H2,1H3,(H,15,16). The van der Waals surface area contributed by atoms with Gasteiger partial charge in [-0.3, -0.25) is 9.48 Å². The highest BCUT2D eigenvalue weighted by Gasteiger charge is 2.10. The van der Waals surface area contributed by atoms with E-state index >= 15 is 0 Å². The molecule has 0 aliphatic rings. The number of aryl methyl sites for hydroxylation is 2. The van der Waals surface area contributed by atoms with Crippen molar-refractivity contribution in [3.63, 3.8) is 0 Å². The molecule has 0 aliphatic carbocycles. The highest BCUT2D eigenvalue weighted by atomic mass is 35.5. The van der Waals surface area contributed by atoms with Crippen molar-refractivity contribution in [3.8, 4) is 10.6 Å². The molecule has 0 aliphatic heterocycles. The Bertz CT molecular complexity index is 547. The Morgan fingerprint density at radius 2 is 2.35 bits per heavy atom. The second-order valence-corrected chi connectivity index (χ2v) is 5.36. The average Bonchev–Trinajstić information content (AvgIpc) is 2.82. The molecule has 0 bridgehead atoms. The molecule has 0 amide bonds. The third-order valence-corrected chi connectivity index (χ3v) is 3.60. The van der Waals surface area contributed by atoms with Crippen molar-refractivity contribution in [1.29, 1.82) is 0 Å². The molecule has 0 atom stereocenters. The molecule has 4 nitrogen and oxygen atoms in total. The predicted molar refractivity (Wildman–Crippen MR) is 67.5 cm³/mol. The van der Waals surface area contributed by atoms with Crippen LogP contribution < -0.4 is 0 Å². The summed E-state index contributed by atoms with van der Waals surface area (Å²) in [5.74, 6) is -0.809. The zero-order valence-corrected chi connectivity index (χ0v) is 10.8. The molecule has 1 N–H and O–H groups in total. The van der Waals surface area contributed by atoms with Gasteiger partial charge in [0.1, 0.15) is 0 Å². The molecular weight excluding hydrogens is 260 g/mol. The average molecular weight is 271 g/mol. The fourth-order valence-corrected chi connectivity index (χ4v) is 2.66. The minimum Gasteiger partial charge on any atom is -0.481 e. The van der Waals surface area contributed by atoms with Gasteiger partial charge < -0.3 is 5.11 Å². The predicted octanol–water partition coefficient (Wildman–Crippen LogP) is 2.82. The van der Waals surface area contributed by atoms with E-state index < -0.39 is 5.97 Å². The number of hydrogen-bond donors (Lipinski definition) is 1. The summed E-state index contributed by atoms with van der Waals surface area (Å²) < 4.78 is 2.48. The number of carboxylic acid groups (broad SMARTS) is 1. The van der Waals surface area contributed by atoms with E-state index in [2.05, 4.69) is 5.10 Å². The number of halogens is 1. The summed E-state index contributed by atoms with van der Waals surface area (Å²) in [5.41, 5.74) is 1.75. The molecule has 0 radical (unpaired) electrons. The number of carboxylic acids is 1. The molecule has 0 saturated heterocycles. The summed E-state index contributed by atoms with van der Waals surface area (Å²) in [5, 5.41) is 12.9. The zero-order valence-electron chi connectivity index (χ0n) is 9.18. The first-order chi connectivity index (χ1) is 8.06. The lowest BCUT2D eigenvalue weighted by molar-refractivity contribution is -0.136. The Labute approximate surface area is 107 Å². The lowest BCUT2D eigenvalue weighted by Crippen LogP contribution is -1.99. The summed E-state index contributed by atoms with van der Waals surface area (Å²) in [6, 6.07) is 5.68. The van der Waals surface area contributed by atoms with Crippen LogP contribution in [0.4, 0.5) is 0 Å². The van der Waals surface area contributed by atoms with Crippen LogP contribution in [0.3, 0.4) is 0 Å². The third-order valence-electron chi connectivity index (χ3n) is 2.35. The van der Waals surface area contributed by atoms with E-state index in [-0.39, 0.29) is 6.42 Å². The van der Waals surface area contributed by atoms with Gasteiger partial charge in [-0.15, -0.1) is 11.3 Å². The molecule has 90 valence electrons. The summed E-state index contributed by atoms with van der Waals surface area (Å²) >= 11 is 7.36. The molecule has 2 aromatic rings. The van der Waals surface area contributed by atoms with E-state index in [1.165, 1.54) is 11.3 Å². The third kappa shape index (κ3) is 2.87. The Morgan fingerprint density at radius 3 is 2.94 bits per heavy atom. The second-order valence-electron chi connectivity index (χ2n) is 3.64. The highest BCUT2D eigenvalue weighted by Crippen LogP contribution is 2.31. The fourth-order valence-electron chi connectivity index (χ4n) is 1.57. The van der Waals surface area contributed by atoms with Crippen molar-refractivity contribution in [2.45, 2.75) is 12.8 Å². The van der Waals surface area contributed by atoms with Gasteiger partial charge in [0.05, 0.1) is 27.0 Å². The molecule has 0 unspecified atom stereocenters. The summed E-state index contributed by atoms with van der Waals surface area (Å²) in [6.45, 7) is 0. The topological polar surface area (TPSA) is 55.1 Å². The van der Waals surface area contributed by atoms with Gasteiger partial charge in [-0.1, -0.05) is 11.6 Å². The monoisotopic (exact) mass is 270 g/mol. The Balaban J connectivity index is 2.21. The van der Waals surface area contributed by atoms with Crippen LogP contribution in [0, 0.1) is 0 Å². The zero-order chi connectivity index (χ0) is 12.4. The Kier molecular flexibility index (Phi) is 3.49. The second kappa shape index (κ2) is 4.89. The van der Waals surface area contributed by atoms with Gasteiger partial charge in [0, 0.05) is 13.5 Å². The number of thiophene rings is 1. The molecule has 2 aromatic heterocycles. The molecule has 0 fully saturated rings. The van der Waals surface area contributed by atoms with E-state index in [1.807, 2.05) is 25.2 Å². The van der Waals surface area contributed by atoms with Crippen molar-refractivity contribution in [1.82, 2.24) is 9.78 Å². The van der Waals surface area contributed by atoms with Crippen LogP contribution in [-0.2, 0) is 18.3 Å². The molecular formula is C11H11ClN2O2S. The van der Waals surface area contributed by atoms with Gasteiger partial charge >= 0.3 is 5.97 Å². The van der Waals surface area contributed by atoms with Crippen LogP contribution in [0.2, 0.25) is 4.34 Å². The van der Waals surface area contributed by atoms with Gasteiger partial charge in [-0.25, -0.2) is 0 Å². The maximum Gasteiger partial charge on any atom is 0.303 e. The van der Waals surface area contributed by atoms with Crippen molar-refractivity contribution < 1.29 is 9.90 Å². The van der Waals surface area contributed by atoms with Crippen LogP contribution >= 0.6 is 22.9 Å². The number of nitrogens with zero attached hydrogens (tertiary/aromatic N) is 2. The largest absolute Gasteiger partial charge is 0.481 e. The Hall–Kier alpha value is -1.33. The van der Waals surface area contributed by atoms with Gasteiger partial charge in [0.15, 0.2) is 0 Å². The van der Waals surface area contributed by atoms with Crippen LogP contribution in [0.1, 0.15) is 12.1 Å². The van der Waals surface area contributed by atoms with E-state index in [9.17, 15) is 4.79 Å². The van der Waals surface area contributed by atoms with E-state index in [1.54, 1.807) is 4.68 Å². The van der Waals surface area contributed by atoms with Crippen LogP contribution in [0.25, 0.3) is 10.6 Å². The fraction of sp³-hybridized carbons (Fsp3) is 0.273. The minimum absolute atomic E-state index is 0.0989. The molecule has 2 heterocycles. The van der Waals surface area contributed by atoms with Gasteiger partial charge in [-0.2, -0.15) is 5.10 Å². The first kappa shape index (κ1) is 12.1. The van der Waals surface area contributed by atoms with Crippen molar-refractivity contribution in [2.75, 3.05) is 0 Å². The van der Waals surface area contributed by atoms with Crippen molar-refractivity contribution in [2.24, 2.45) is 7.05 Å². The number of aromatic nitrogens is 2. The summed E-state index contributed by atoms with van der Waals surface area (Å²) in [7, 11) is 1.84. The molecule has 6 heteroatoms. The normalized spacial score (nSPS) is 10.7. The molecule has 17 heavy (non-hydrogen) atoms. The molecule has 0 saturated carbocycles. The summed E-state index contributed by atoms with van der Waals surface area (Å²) in [6.07, 6.45) is 0.546. The quantitative estimate of drug-likeness (QED) is 0.929. The van der Waals surface area contributed by atoms with Crippen LogP contribution in [0.15, 0.2) is 18.2 Å². The lowest BCUT2D eigenvalue weighted by Gasteiger charge is -1.95. The number of carbonyl (C=O) groups is 1. The minimum atomic E-state index is -0.809. The number of hydrogen-bond acceptors (Lipinski definition) is 3. The maximum absolute atomic E-state index is 10.5. The van der Waals surface area contributed by atoms with E-state index in [0.29, 0.717) is 6.42 Å². The van der Waals surface area contributed by atoms with Crippen LogP contribution in [-0.4, -0.2) is 20.9 Å². The summed E-state index contributed by atoms with van der Waals surface area (Å²) in [4.78, 5) is 11.5. The molecule has 0 aromatic carbocycles. The number of rotatable bonds is 4. The van der Waals surface area contributed by atoms with Crippen molar-refractivity contribution in [3.05, 3.63) is 28.2 Å². The first-order valence-electron chi connectivity index (χ1n) is 5.06. The Morgan fingerprint density at radius 1 is 1.59 bits per heavy atom. The maximum atomic E-state index is 10.5.